The Hall–Kier alpha value is -0.820. The van der Waals surface area contributed by atoms with Crippen molar-refractivity contribution in [3.8, 4) is 0 Å². The van der Waals surface area contributed by atoms with Crippen LogP contribution in [0.25, 0.3) is 0 Å². The Bertz CT molecular complexity index is 324. The summed E-state index contributed by atoms with van der Waals surface area (Å²) in [4.78, 5) is 0. The third-order valence-corrected chi connectivity index (χ3v) is 3.42. The lowest BCUT2D eigenvalue weighted by atomic mass is 9.87. The molecule has 1 nitrogen and oxygen atoms in total. The number of hydrogen-bond acceptors (Lipinski definition) is 1. The molecule has 1 unspecified atom stereocenters. The van der Waals surface area contributed by atoms with Gasteiger partial charge in [-0.05, 0) is 49.8 Å². The predicted octanol–water partition coefficient (Wildman–Crippen LogP) is 3.02. The fourth-order valence-electron chi connectivity index (χ4n) is 2.53. The Morgan fingerprint density at radius 1 is 1.40 bits per heavy atom. The molecule has 0 aromatic heterocycles. The molecule has 0 aliphatic carbocycles. The van der Waals surface area contributed by atoms with E-state index in [0.29, 0.717) is 0 Å². The maximum absolute atomic E-state index is 3.50. The van der Waals surface area contributed by atoms with Crippen molar-refractivity contribution in [2.75, 3.05) is 13.1 Å². The Kier molecular flexibility index (Phi) is 3.42. The van der Waals surface area contributed by atoms with Gasteiger partial charge in [0.2, 0.25) is 0 Å². The molecule has 1 aromatic rings. The molecule has 0 amide bonds. The van der Waals surface area contributed by atoms with E-state index in [1.165, 1.54) is 30.5 Å². The molecule has 0 radical (unpaired) electrons. The SMILES string of the molecule is CCc1ccc(C)cc1C1CCCNC1. The van der Waals surface area contributed by atoms with Gasteiger partial charge in [0.15, 0.2) is 0 Å². The highest BCUT2D eigenvalue weighted by Gasteiger charge is 2.17. The number of hydrogen-bond donors (Lipinski definition) is 1. The minimum absolute atomic E-state index is 0.744. The summed E-state index contributed by atoms with van der Waals surface area (Å²) < 4.78 is 0. The van der Waals surface area contributed by atoms with Gasteiger partial charge in [-0.2, -0.15) is 0 Å². The molecule has 1 atom stereocenters. The first-order valence-corrected chi connectivity index (χ1v) is 6.11. The molecule has 1 saturated heterocycles. The lowest BCUT2D eigenvalue weighted by molar-refractivity contribution is 0.459. The summed E-state index contributed by atoms with van der Waals surface area (Å²) in [5.74, 6) is 0.744. The van der Waals surface area contributed by atoms with E-state index in [0.717, 1.165) is 18.9 Å². The maximum Gasteiger partial charge on any atom is 0.00202 e. The Morgan fingerprint density at radius 3 is 2.93 bits per heavy atom. The summed E-state index contributed by atoms with van der Waals surface area (Å²) in [5.41, 5.74) is 4.52. The molecule has 1 heterocycles. The van der Waals surface area contributed by atoms with Crippen LogP contribution < -0.4 is 5.32 Å². The number of nitrogens with one attached hydrogen (secondary N) is 1. The molecule has 0 saturated carbocycles. The largest absolute Gasteiger partial charge is 0.316 e. The standard InChI is InChI=1S/C14H21N/c1-3-12-7-6-11(2)9-14(12)13-5-4-8-15-10-13/h6-7,9,13,15H,3-5,8,10H2,1-2H3. The Balaban J connectivity index is 2.27. The summed E-state index contributed by atoms with van der Waals surface area (Å²) >= 11 is 0. The van der Waals surface area contributed by atoms with Crippen LogP contribution in [0.15, 0.2) is 18.2 Å². The smallest absolute Gasteiger partial charge is 0.00202 e. The Labute approximate surface area is 92.9 Å². The fourth-order valence-corrected chi connectivity index (χ4v) is 2.53. The topological polar surface area (TPSA) is 12.0 Å². The lowest BCUT2D eigenvalue weighted by Crippen LogP contribution is -2.28. The average Bonchev–Trinajstić information content (AvgIpc) is 2.30. The van der Waals surface area contributed by atoms with Crippen molar-refractivity contribution in [2.45, 2.75) is 39.0 Å². The second kappa shape index (κ2) is 4.80. The minimum atomic E-state index is 0.744. The van der Waals surface area contributed by atoms with E-state index in [9.17, 15) is 0 Å². The summed E-state index contributed by atoms with van der Waals surface area (Å²) in [6.07, 6.45) is 3.83. The maximum atomic E-state index is 3.50. The molecule has 1 aliphatic rings. The molecule has 2 rings (SSSR count). The zero-order chi connectivity index (χ0) is 10.7. The summed E-state index contributed by atoms with van der Waals surface area (Å²) in [7, 11) is 0. The lowest BCUT2D eigenvalue weighted by Gasteiger charge is -2.25. The van der Waals surface area contributed by atoms with Crippen LogP contribution in [-0.4, -0.2) is 13.1 Å². The van der Waals surface area contributed by atoms with Crippen molar-refractivity contribution in [3.63, 3.8) is 0 Å². The van der Waals surface area contributed by atoms with Crippen LogP contribution >= 0.6 is 0 Å². The van der Waals surface area contributed by atoms with Gasteiger partial charge >= 0.3 is 0 Å². The second-order valence-corrected chi connectivity index (χ2v) is 4.60. The van der Waals surface area contributed by atoms with Crippen LogP contribution in [-0.2, 0) is 6.42 Å². The second-order valence-electron chi connectivity index (χ2n) is 4.60. The molecule has 1 fully saturated rings. The first-order chi connectivity index (χ1) is 7.31. The van der Waals surface area contributed by atoms with E-state index in [1.54, 1.807) is 5.56 Å². The molecule has 1 heteroatoms. The van der Waals surface area contributed by atoms with Crippen LogP contribution in [0.4, 0.5) is 0 Å². The highest BCUT2D eigenvalue weighted by atomic mass is 14.9. The van der Waals surface area contributed by atoms with E-state index in [1.807, 2.05) is 0 Å². The van der Waals surface area contributed by atoms with Crippen LogP contribution in [0.5, 0.6) is 0 Å². The average molecular weight is 203 g/mol. The van der Waals surface area contributed by atoms with Gasteiger partial charge in [-0.25, -0.2) is 0 Å². The first-order valence-electron chi connectivity index (χ1n) is 6.11. The summed E-state index contributed by atoms with van der Waals surface area (Å²) in [6.45, 7) is 6.81. The highest BCUT2D eigenvalue weighted by Crippen LogP contribution is 2.27. The molecular weight excluding hydrogens is 182 g/mol. The van der Waals surface area contributed by atoms with Crippen molar-refractivity contribution in [1.29, 1.82) is 0 Å². The van der Waals surface area contributed by atoms with Crippen molar-refractivity contribution in [3.05, 3.63) is 34.9 Å². The molecule has 82 valence electrons. The van der Waals surface area contributed by atoms with E-state index >= 15 is 0 Å². The van der Waals surface area contributed by atoms with Gasteiger partial charge in [0.25, 0.3) is 0 Å². The van der Waals surface area contributed by atoms with Crippen molar-refractivity contribution in [2.24, 2.45) is 0 Å². The zero-order valence-electron chi connectivity index (χ0n) is 9.84. The van der Waals surface area contributed by atoms with Gasteiger partial charge in [0, 0.05) is 6.54 Å². The van der Waals surface area contributed by atoms with Crippen molar-refractivity contribution in [1.82, 2.24) is 5.32 Å². The Morgan fingerprint density at radius 2 is 2.27 bits per heavy atom. The molecule has 1 N–H and O–H groups in total. The van der Waals surface area contributed by atoms with Gasteiger partial charge in [0.05, 0.1) is 0 Å². The quantitative estimate of drug-likeness (QED) is 0.779. The predicted molar refractivity (Wildman–Crippen MR) is 65.4 cm³/mol. The summed E-state index contributed by atoms with van der Waals surface area (Å²) in [6, 6.07) is 6.92. The monoisotopic (exact) mass is 203 g/mol. The molecular formula is C14H21N. The number of piperidine rings is 1. The first kappa shape index (κ1) is 10.7. The van der Waals surface area contributed by atoms with Crippen molar-refractivity contribution >= 4 is 0 Å². The molecule has 0 bridgehead atoms. The van der Waals surface area contributed by atoms with E-state index in [2.05, 4.69) is 37.4 Å². The van der Waals surface area contributed by atoms with Gasteiger partial charge in [-0.1, -0.05) is 30.7 Å². The molecule has 15 heavy (non-hydrogen) atoms. The van der Waals surface area contributed by atoms with Gasteiger partial charge in [-0.3, -0.25) is 0 Å². The molecule has 1 aliphatic heterocycles. The normalized spacial score (nSPS) is 21.6. The number of aryl methyl sites for hydroxylation is 2. The number of rotatable bonds is 2. The van der Waals surface area contributed by atoms with E-state index in [4.69, 9.17) is 0 Å². The number of benzene rings is 1. The van der Waals surface area contributed by atoms with Crippen LogP contribution in [0, 0.1) is 6.92 Å². The van der Waals surface area contributed by atoms with Gasteiger partial charge in [0.1, 0.15) is 0 Å². The van der Waals surface area contributed by atoms with Crippen LogP contribution in [0.3, 0.4) is 0 Å². The highest BCUT2D eigenvalue weighted by molar-refractivity contribution is 5.34. The van der Waals surface area contributed by atoms with Crippen LogP contribution in [0.1, 0.15) is 42.4 Å². The zero-order valence-corrected chi connectivity index (χ0v) is 9.84. The third kappa shape index (κ3) is 2.40. The fraction of sp³-hybridized carbons (Fsp3) is 0.571. The molecule has 0 spiro atoms. The van der Waals surface area contributed by atoms with Gasteiger partial charge < -0.3 is 5.32 Å². The van der Waals surface area contributed by atoms with E-state index in [-0.39, 0.29) is 0 Å². The minimum Gasteiger partial charge on any atom is -0.316 e. The summed E-state index contributed by atoms with van der Waals surface area (Å²) in [5, 5.41) is 3.50. The molecule has 1 aromatic carbocycles. The van der Waals surface area contributed by atoms with Gasteiger partial charge in [-0.15, -0.1) is 0 Å². The van der Waals surface area contributed by atoms with Crippen LogP contribution in [0.2, 0.25) is 0 Å². The van der Waals surface area contributed by atoms with Crippen molar-refractivity contribution < 1.29 is 0 Å². The van der Waals surface area contributed by atoms with E-state index < -0.39 is 0 Å². The third-order valence-electron chi connectivity index (χ3n) is 3.42.